The van der Waals surface area contributed by atoms with E-state index in [9.17, 15) is 0 Å². The number of rotatable bonds is 8. The molecule has 0 saturated carbocycles. The number of benzene rings is 2. The zero-order valence-corrected chi connectivity index (χ0v) is 22.5. The summed E-state index contributed by atoms with van der Waals surface area (Å²) in [5.74, 6) is 1.01. The van der Waals surface area contributed by atoms with Gasteiger partial charge in [-0.05, 0) is 87.0 Å². The molecule has 0 radical (unpaired) electrons. The molecule has 0 spiro atoms. The summed E-state index contributed by atoms with van der Waals surface area (Å²) in [5.41, 5.74) is 4.71. The molecule has 5 rings (SSSR count). The summed E-state index contributed by atoms with van der Waals surface area (Å²) in [6.07, 6.45) is 9.05. The Morgan fingerprint density at radius 3 is 2.50 bits per heavy atom. The minimum Gasteiger partial charge on any atom is -0.338 e. The number of nitrogens with zero attached hydrogens (tertiary/aromatic N) is 3. The topological polar surface area (TPSA) is 71.5 Å². The summed E-state index contributed by atoms with van der Waals surface area (Å²) < 4.78 is 11.0. The van der Waals surface area contributed by atoms with Crippen molar-refractivity contribution < 1.29 is 9.05 Å². The number of hydrogen-bond donors (Lipinski definition) is 2. The van der Waals surface area contributed by atoms with Gasteiger partial charge in [0.25, 0.3) is 0 Å². The number of nitrogens with one attached hydrogen (secondary N) is 2. The highest BCUT2D eigenvalue weighted by Gasteiger charge is 2.24. The largest absolute Gasteiger partial charge is 0.338 e. The molecule has 1 fully saturated rings. The standard InChI is InChI=1S/C27H33ClN5O2P/c1-34-36(35-2)25-8-4-3-7-24(25)31-26-23(28)18-29-27(32-26)30-21-12-9-19-10-13-22(14-11-20(19)17-21)33-15-5-6-16-33/h3-4,7-9,12,17-18,22H,5-6,10-11,13-16H2,1-2H3,(H2,29,30,31,32)/t22-/m0/s1. The SMILES string of the molecule is COP(OC)c1ccccc1Nc1nc(Nc2ccc3c(c2)CC[C@@H](N2CCCC2)CC3)ncc1Cl. The Morgan fingerprint density at radius 1 is 0.972 bits per heavy atom. The molecule has 1 aliphatic heterocycles. The molecule has 1 aliphatic carbocycles. The Balaban J connectivity index is 1.31. The zero-order chi connectivity index (χ0) is 24.9. The van der Waals surface area contributed by atoms with E-state index in [0.717, 1.165) is 29.5 Å². The first-order valence-corrected chi connectivity index (χ1v) is 14.1. The Labute approximate surface area is 219 Å². The van der Waals surface area contributed by atoms with Gasteiger partial charge in [0.2, 0.25) is 14.3 Å². The predicted molar refractivity (Wildman–Crippen MR) is 148 cm³/mol. The summed E-state index contributed by atoms with van der Waals surface area (Å²) >= 11 is 6.45. The number of aryl methyl sites for hydroxylation is 2. The van der Waals surface area contributed by atoms with Gasteiger partial charge in [0, 0.05) is 25.9 Å². The van der Waals surface area contributed by atoms with Crippen LogP contribution in [0.2, 0.25) is 5.02 Å². The van der Waals surface area contributed by atoms with Crippen LogP contribution in [0.15, 0.2) is 48.7 Å². The van der Waals surface area contributed by atoms with Crippen molar-refractivity contribution in [3.8, 4) is 0 Å². The second kappa shape index (κ2) is 11.8. The molecule has 0 bridgehead atoms. The molecular formula is C27H33ClN5O2P. The van der Waals surface area contributed by atoms with Gasteiger partial charge in [0.05, 0.1) is 17.2 Å². The quantitative estimate of drug-likeness (QED) is 0.268. The maximum atomic E-state index is 6.45. The molecule has 190 valence electrons. The van der Waals surface area contributed by atoms with Crippen molar-refractivity contribution in [3.63, 3.8) is 0 Å². The van der Waals surface area contributed by atoms with Gasteiger partial charge in [-0.2, -0.15) is 4.98 Å². The lowest BCUT2D eigenvalue weighted by Crippen LogP contribution is -2.32. The Kier molecular flexibility index (Phi) is 8.35. The summed E-state index contributed by atoms with van der Waals surface area (Å²) in [6.45, 7) is 2.53. The van der Waals surface area contributed by atoms with Gasteiger partial charge in [-0.25, -0.2) is 4.98 Å². The highest BCUT2D eigenvalue weighted by atomic mass is 35.5. The van der Waals surface area contributed by atoms with Crippen LogP contribution in [-0.4, -0.2) is 48.2 Å². The van der Waals surface area contributed by atoms with Crippen LogP contribution in [0, 0.1) is 0 Å². The number of fused-ring (bicyclic) bond motifs is 1. The average molecular weight is 526 g/mol. The van der Waals surface area contributed by atoms with Crippen LogP contribution in [0.1, 0.15) is 36.8 Å². The number of aromatic nitrogens is 2. The third-order valence-corrected chi connectivity index (χ3v) is 8.77. The molecule has 1 saturated heterocycles. The number of anilines is 4. The molecule has 2 aromatic carbocycles. The normalized spacial score (nSPS) is 18.2. The van der Waals surface area contributed by atoms with Crippen LogP contribution < -0.4 is 15.9 Å². The van der Waals surface area contributed by atoms with Crippen molar-refractivity contribution in [1.82, 2.24) is 14.9 Å². The fourth-order valence-corrected chi connectivity index (χ4v) is 6.44. The molecule has 3 aromatic rings. The van der Waals surface area contributed by atoms with Gasteiger partial charge in [0.1, 0.15) is 5.02 Å². The van der Waals surface area contributed by atoms with E-state index in [1.54, 1.807) is 20.4 Å². The van der Waals surface area contributed by atoms with E-state index in [0.29, 0.717) is 22.8 Å². The fraction of sp³-hybridized carbons (Fsp3) is 0.407. The van der Waals surface area contributed by atoms with Gasteiger partial charge in [-0.3, -0.25) is 0 Å². The van der Waals surface area contributed by atoms with Crippen LogP contribution in [0.3, 0.4) is 0 Å². The fourth-order valence-electron chi connectivity index (χ4n) is 5.22. The average Bonchev–Trinajstić information content (AvgIpc) is 3.35. The van der Waals surface area contributed by atoms with E-state index in [-0.39, 0.29) is 0 Å². The van der Waals surface area contributed by atoms with Crippen molar-refractivity contribution in [3.05, 3.63) is 64.8 Å². The first-order valence-electron chi connectivity index (χ1n) is 12.5. The molecule has 1 atom stereocenters. The van der Waals surface area contributed by atoms with E-state index < -0.39 is 8.38 Å². The molecule has 0 amide bonds. The first kappa shape index (κ1) is 25.4. The smallest absolute Gasteiger partial charge is 0.229 e. The molecule has 2 heterocycles. The highest BCUT2D eigenvalue weighted by Crippen LogP contribution is 2.38. The van der Waals surface area contributed by atoms with Crippen molar-refractivity contribution in [2.24, 2.45) is 0 Å². The summed E-state index contributed by atoms with van der Waals surface area (Å²) in [4.78, 5) is 11.8. The molecule has 0 unspecified atom stereocenters. The molecule has 9 heteroatoms. The van der Waals surface area contributed by atoms with E-state index in [1.807, 2.05) is 24.3 Å². The maximum absolute atomic E-state index is 6.45. The maximum Gasteiger partial charge on any atom is 0.229 e. The molecule has 36 heavy (non-hydrogen) atoms. The molecule has 7 nitrogen and oxygen atoms in total. The van der Waals surface area contributed by atoms with Crippen molar-refractivity contribution in [1.29, 1.82) is 0 Å². The van der Waals surface area contributed by atoms with Gasteiger partial charge in [-0.15, -0.1) is 0 Å². The lowest BCUT2D eigenvalue weighted by molar-refractivity contribution is 0.222. The van der Waals surface area contributed by atoms with E-state index >= 15 is 0 Å². The van der Waals surface area contributed by atoms with E-state index in [2.05, 4.69) is 43.7 Å². The van der Waals surface area contributed by atoms with Crippen molar-refractivity contribution in [2.75, 3.05) is 37.9 Å². The summed E-state index contributed by atoms with van der Waals surface area (Å²) in [6, 6.07) is 15.2. The number of likely N-dealkylation sites (tertiary alicyclic amines) is 1. The number of para-hydroxylation sites is 1. The van der Waals surface area contributed by atoms with Crippen LogP contribution in [0.25, 0.3) is 0 Å². The lowest BCUT2D eigenvalue weighted by Gasteiger charge is -2.25. The predicted octanol–water partition coefficient (Wildman–Crippen LogP) is 6.19. The van der Waals surface area contributed by atoms with Crippen LogP contribution >= 0.6 is 20.0 Å². The molecule has 1 aromatic heterocycles. The zero-order valence-electron chi connectivity index (χ0n) is 20.8. The van der Waals surface area contributed by atoms with Crippen LogP contribution in [0.5, 0.6) is 0 Å². The van der Waals surface area contributed by atoms with Gasteiger partial charge >= 0.3 is 0 Å². The Bertz CT molecular complexity index is 1190. The van der Waals surface area contributed by atoms with Gasteiger partial charge in [0.15, 0.2) is 5.82 Å². The van der Waals surface area contributed by atoms with Crippen LogP contribution in [-0.2, 0) is 21.9 Å². The minimum absolute atomic E-state index is 0.435. The van der Waals surface area contributed by atoms with Crippen molar-refractivity contribution in [2.45, 2.75) is 44.6 Å². The Morgan fingerprint density at radius 2 is 1.72 bits per heavy atom. The minimum atomic E-state index is -1.21. The lowest BCUT2D eigenvalue weighted by atomic mass is 10.0. The number of halogens is 1. The summed E-state index contributed by atoms with van der Waals surface area (Å²) in [7, 11) is 2.07. The monoisotopic (exact) mass is 525 g/mol. The molecule has 2 aliphatic rings. The first-order chi connectivity index (χ1) is 17.6. The van der Waals surface area contributed by atoms with Gasteiger partial charge < -0.3 is 24.6 Å². The highest BCUT2D eigenvalue weighted by molar-refractivity contribution is 7.56. The van der Waals surface area contributed by atoms with Crippen molar-refractivity contribution >= 4 is 48.4 Å². The third-order valence-electron chi connectivity index (χ3n) is 7.04. The van der Waals surface area contributed by atoms with E-state index in [4.69, 9.17) is 20.6 Å². The van der Waals surface area contributed by atoms with E-state index in [1.165, 1.54) is 49.9 Å². The summed E-state index contributed by atoms with van der Waals surface area (Å²) in [5, 5.41) is 8.06. The number of hydrogen-bond acceptors (Lipinski definition) is 7. The third kappa shape index (κ3) is 5.82. The van der Waals surface area contributed by atoms with Crippen LogP contribution in [0.4, 0.5) is 23.1 Å². The molecular weight excluding hydrogens is 493 g/mol. The molecule has 2 N–H and O–H groups in total. The van der Waals surface area contributed by atoms with Gasteiger partial charge in [-0.1, -0.05) is 29.8 Å². The second-order valence-corrected chi connectivity index (χ2v) is 11.4. The second-order valence-electron chi connectivity index (χ2n) is 9.24. The Hall–Kier alpha value is -2.28.